The van der Waals surface area contributed by atoms with Gasteiger partial charge in [0.25, 0.3) is 0 Å². The highest BCUT2D eigenvalue weighted by Gasteiger charge is 2.23. The number of nitriles is 1. The Bertz CT molecular complexity index is 655. The van der Waals surface area contributed by atoms with Crippen LogP contribution in [0, 0.1) is 23.1 Å². The van der Waals surface area contributed by atoms with Gasteiger partial charge in [-0.2, -0.15) is 5.26 Å². The number of sulfonamides is 1. The fraction of sp³-hybridized carbons (Fsp3) is 0.500. The van der Waals surface area contributed by atoms with Gasteiger partial charge >= 0.3 is 0 Å². The average Bonchev–Trinajstić information content (AvgIpc) is 2.44. The SMILES string of the molecule is CS(=O)(=O)NC[C@@H]1CCCN(c2cccc(F)c2C#N)C1. The van der Waals surface area contributed by atoms with Gasteiger partial charge < -0.3 is 4.90 Å². The summed E-state index contributed by atoms with van der Waals surface area (Å²) >= 11 is 0. The molecule has 1 aromatic rings. The van der Waals surface area contributed by atoms with Crippen LogP contribution < -0.4 is 9.62 Å². The van der Waals surface area contributed by atoms with Crippen molar-refractivity contribution < 1.29 is 12.8 Å². The number of anilines is 1. The predicted molar refractivity (Wildman–Crippen MR) is 78.9 cm³/mol. The summed E-state index contributed by atoms with van der Waals surface area (Å²) in [5, 5.41) is 9.10. The maximum absolute atomic E-state index is 13.7. The fourth-order valence-corrected chi connectivity index (χ4v) is 3.15. The normalized spacial score (nSPS) is 19.3. The van der Waals surface area contributed by atoms with E-state index in [4.69, 9.17) is 5.26 Å². The largest absolute Gasteiger partial charge is 0.370 e. The summed E-state index contributed by atoms with van der Waals surface area (Å²) in [5.74, 6) is -0.366. The van der Waals surface area contributed by atoms with Gasteiger partial charge in [-0.3, -0.25) is 0 Å². The molecule has 1 aromatic carbocycles. The molecule has 21 heavy (non-hydrogen) atoms. The van der Waals surface area contributed by atoms with E-state index in [1.54, 1.807) is 12.1 Å². The Morgan fingerprint density at radius 3 is 2.95 bits per heavy atom. The topological polar surface area (TPSA) is 73.2 Å². The van der Waals surface area contributed by atoms with E-state index < -0.39 is 15.8 Å². The molecule has 1 fully saturated rings. The number of halogens is 1. The van der Waals surface area contributed by atoms with Crippen molar-refractivity contribution in [3.63, 3.8) is 0 Å². The molecule has 0 aliphatic carbocycles. The Morgan fingerprint density at radius 2 is 2.29 bits per heavy atom. The lowest BCUT2D eigenvalue weighted by molar-refractivity contribution is 0.411. The van der Waals surface area contributed by atoms with E-state index >= 15 is 0 Å². The first kappa shape index (κ1) is 15.7. The highest BCUT2D eigenvalue weighted by atomic mass is 32.2. The van der Waals surface area contributed by atoms with E-state index in [-0.39, 0.29) is 11.5 Å². The van der Waals surface area contributed by atoms with Crippen molar-refractivity contribution in [1.82, 2.24) is 4.72 Å². The molecule has 1 saturated heterocycles. The molecule has 0 radical (unpaired) electrons. The molecule has 0 bridgehead atoms. The molecule has 0 amide bonds. The van der Waals surface area contributed by atoms with Gasteiger partial charge in [-0.15, -0.1) is 0 Å². The minimum absolute atomic E-state index is 0.0502. The number of hydrogen-bond acceptors (Lipinski definition) is 4. The van der Waals surface area contributed by atoms with Gasteiger partial charge in [0, 0.05) is 19.6 Å². The van der Waals surface area contributed by atoms with Gasteiger partial charge in [0.15, 0.2) is 0 Å². The van der Waals surface area contributed by atoms with Crippen LogP contribution in [-0.4, -0.2) is 34.3 Å². The van der Waals surface area contributed by atoms with Crippen molar-refractivity contribution >= 4 is 15.7 Å². The van der Waals surface area contributed by atoms with Crippen molar-refractivity contribution in [2.24, 2.45) is 5.92 Å². The zero-order chi connectivity index (χ0) is 15.5. The van der Waals surface area contributed by atoms with E-state index in [0.29, 0.717) is 18.8 Å². The predicted octanol–water partition coefficient (Wildman–Crippen LogP) is 1.46. The van der Waals surface area contributed by atoms with Crippen LogP contribution in [0.5, 0.6) is 0 Å². The van der Waals surface area contributed by atoms with Crippen LogP contribution >= 0.6 is 0 Å². The lowest BCUT2D eigenvalue weighted by Gasteiger charge is -2.34. The summed E-state index contributed by atoms with van der Waals surface area (Å²) in [6, 6.07) is 6.49. The average molecular weight is 311 g/mol. The van der Waals surface area contributed by atoms with E-state index in [1.165, 1.54) is 6.07 Å². The third kappa shape index (κ3) is 4.16. The second-order valence-corrected chi connectivity index (χ2v) is 7.15. The van der Waals surface area contributed by atoms with Crippen molar-refractivity contribution in [3.05, 3.63) is 29.6 Å². The van der Waals surface area contributed by atoms with Gasteiger partial charge in [0.1, 0.15) is 17.4 Å². The molecule has 7 heteroatoms. The molecule has 0 saturated carbocycles. The lowest BCUT2D eigenvalue weighted by Crippen LogP contribution is -2.41. The maximum Gasteiger partial charge on any atom is 0.208 e. The summed E-state index contributed by atoms with van der Waals surface area (Å²) < 4.78 is 38.5. The molecule has 5 nitrogen and oxygen atoms in total. The number of benzene rings is 1. The van der Waals surface area contributed by atoms with Crippen LogP contribution in [0.1, 0.15) is 18.4 Å². The van der Waals surface area contributed by atoms with E-state index in [2.05, 4.69) is 4.72 Å². The van der Waals surface area contributed by atoms with Crippen LogP contribution in [0.2, 0.25) is 0 Å². The molecule has 0 aromatic heterocycles. The third-order valence-corrected chi connectivity index (χ3v) is 4.29. The monoisotopic (exact) mass is 311 g/mol. The van der Waals surface area contributed by atoms with E-state index in [0.717, 1.165) is 25.6 Å². The summed E-state index contributed by atoms with van der Waals surface area (Å²) in [6.07, 6.45) is 2.93. The van der Waals surface area contributed by atoms with Crippen molar-refractivity contribution in [1.29, 1.82) is 5.26 Å². The molecular formula is C14H18FN3O2S. The summed E-state index contributed by atoms with van der Waals surface area (Å²) in [6.45, 7) is 1.72. The molecule has 0 unspecified atom stereocenters. The summed E-state index contributed by atoms with van der Waals surface area (Å²) in [5.41, 5.74) is 0.635. The first-order chi connectivity index (χ1) is 9.90. The molecule has 1 heterocycles. The third-order valence-electron chi connectivity index (χ3n) is 3.60. The molecule has 1 atom stereocenters. The van der Waals surface area contributed by atoms with Gasteiger partial charge in [-0.05, 0) is 30.9 Å². The quantitative estimate of drug-likeness (QED) is 0.914. The Morgan fingerprint density at radius 1 is 1.52 bits per heavy atom. The van der Waals surface area contributed by atoms with Gasteiger partial charge in [-0.25, -0.2) is 17.5 Å². The Balaban J connectivity index is 2.11. The lowest BCUT2D eigenvalue weighted by atomic mass is 9.97. The van der Waals surface area contributed by atoms with Crippen LogP contribution in [0.25, 0.3) is 0 Å². The van der Waals surface area contributed by atoms with Crippen molar-refractivity contribution in [3.8, 4) is 6.07 Å². The molecule has 1 N–H and O–H groups in total. The molecular weight excluding hydrogens is 293 g/mol. The first-order valence-electron chi connectivity index (χ1n) is 6.79. The summed E-state index contributed by atoms with van der Waals surface area (Å²) in [7, 11) is -3.21. The molecule has 0 spiro atoms. The van der Waals surface area contributed by atoms with Crippen LogP contribution in [-0.2, 0) is 10.0 Å². The minimum Gasteiger partial charge on any atom is -0.370 e. The van der Waals surface area contributed by atoms with Crippen LogP contribution in [0.15, 0.2) is 18.2 Å². The second-order valence-electron chi connectivity index (χ2n) is 5.32. The minimum atomic E-state index is -3.21. The van der Waals surface area contributed by atoms with Crippen LogP contribution in [0.3, 0.4) is 0 Å². The van der Waals surface area contributed by atoms with Gasteiger partial charge in [0.2, 0.25) is 10.0 Å². The zero-order valence-corrected chi connectivity index (χ0v) is 12.7. The number of piperidine rings is 1. The molecule has 1 aliphatic heterocycles. The Hall–Kier alpha value is -1.65. The second kappa shape index (κ2) is 6.41. The number of nitrogens with one attached hydrogen (secondary N) is 1. The zero-order valence-electron chi connectivity index (χ0n) is 11.8. The van der Waals surface area contributed by atoms with Crippen molar-refractivity contribution in [2.45, 2.75) is 12.8 Å². The molecule has 2 rings (SSSR count). The number of nitrogens with zero attached hydrogens (tertiary/aromatic N) is 2. The fourth-order valence-electron chi connectivity index (χ4n) is 2.61. The highest BCUT2D eigenvalue weighted by Crippen LogP contribution is 2.27. The van der Waals surface area contributed by atoms with Gasteiger partial charge in [0.05, 0.1) is 11.9 Å². The Labute approximate surface area is 124 Å². The summed E-state index contributed by atoms with van der Waals surface area (Å²) in [4.78, 5) is 1.96. The number of hydrogen-bond donors (Lipinski definition) is 1. The standard InChI is InChI=1S/C14H18FN3O2S/c1-21(19,20)17-9-11-4-3-7-18(10-11)14-6-2-5-13(15)12(14)8-16/h2,5-6,11,17H,3-4,7,9-10H2,1H3/t11-/m0/s1. The van der Waals surface area contributed by atoms with Crippen molar-refractivity contribution in [2.75, 3.05) is 30.8 Å². The first-order valence-corrected chi connectivity index (χ1v) is 8.68. The molecule has 1 aliphatic rings. The van der Waals surface area contributed by atoms with E-state index in [1.807, 2.05) is 11.0 Å². The molecule has 114 valence electrons. The number of rotatable bonds is 4. The van der Waals surface area contributed by atoms with Crippen LogP contribution in [0.4, 0.5) is 10.1 Å². The van der Waals surface area contributed by atoms with E-state index in [9.17, 15) is 12.8 Å². The smallest absolute Gasteiger partial charge is 0.208 e. The highest BCUT2D eigenvalue weighted by molar-refractivity contribution is 7.88. The Kier molecular flexibility index (Phi) is 4.80. The van der Waals surface area contributed by atoms with Gasteiger partial charge in [-0.1, -0.05) is 6.07 Å². The maximum atomic E-state index is 13.7.